The van der Waals surface area contributed by atoms with Crippen molar-refractivity contribution < 1.29 is 12.8 Å². The molecule has 122 valence electrons. The predicted molar refractivity (Wildman–Crippen MR) is 88.5 cm³/mol. The van der Waals surface area contributed by atoms with Crippen molar-refractivity contribution in [2.75, 3.05) is 11.6 Å². The monoisotopic (exact) mass is 355 g/mol. The van der Waals surface area contributed by atoms with Crippen LogP contribution in [0.4, 0.5) is 15.9 Å². The van der Waals surface area contributed by atoms with Crippen molar-refractivity contribution in [2.45, 2.75) is 18.2 Å². The molecule has 0 saturated heterocycles. The zero-order chi connectivity index (χ0) is 17.2. The number of benzene rings is 1. The lowest BCUT2D eigenvalue weighted by Gasteiger charge is -2.13. The second kappa shape index (κ2) is 6.64. The molecule has 0 aliphatic carbocycles. The van der Waals surface area contributed by atoms with E-state index in [2.05, 4.69) is 21.9 Å². The summed E-state index contributed by atoms with van der Waals surface area (Å²) in [5, 5.41) is 3.09. The van der Waals surface area contributed by atoms with Crippen LogP contribution in [-0.2, 0) is 16.3 Å². The van der Waals surface area contributed by atoms with Crippen LogP contribution in [0, 0.1) is 12.7 Å². The molecule has 0 fully saturated rings. The number of hydrogen-bond donors (Lipinski definition) is 1. The Bertz CT molecular complexity index is 869. The van der Waals surface area contributed by atoms with Gasteiger partial charge in [0, 0.05) is 11.8 Å². The molecule has 0 aliphatic heterocycles. The standard InChI is InChI=1S/C15H15ClFN3O2S/c1-4-5-11-14(16)18-9(2)19-15(11)20-13-7-6-10(8-12(13)17)23(3,21)22/h4,6-8H,1,5H2,2-3H3,(H,18,19,20). The summed E-state index contributed by atoms with van der Waals surface area (Å²) in [7, 11) is -3.47. The van der Waals surface area contributed by atoms with Gasteiger partial charge in [-0.25, -0.2) is 22.8 Å². The summed E-state index contributed by atoms with van der Waals surface area (Å²) in [6.07, 6.45) is 3.06. The van der Waals surface area contributed by atoms with E-state index in [9.17, 15) is 12.8 Å². The average Bonchev–Trinajstić information content (AvgIpc) is 2.43. The molecule has 0 saturated carbocycles. The lowest BCUT2D eigenvalue weighted by Crippen LogP contribution is -2.05. The molecular formula is C15H15ClFN3O2S. The van der Waals surface area contributed by atoms with Gasteiger partial charge in [-0.3, -0.25) is 0 Å². The van der Waals surface area contributed by atoms with Crippen LogP contribution >= 0.6 is 11.6 Å². The second-order valence-corrected chi connectivity index (χ2v) is 7.29. The van der Waals surface area contributed by atoms with E-state index in [0.29, 0.717) is 23.6 Å². The summed E-state index contributed by atoms with van der Waals surface area (Å²) < 4.78 is 37.1. The first-order valence-electron chi connectivity index (χ1n) is 6.63. The second-order valence-electron chi connectivity index (χ2n) is 4.92. The van der Waals surface area contributed by atoms with Crippen LogP contribution in [0.25, 0.3) is 0 Å². The number of aromatic nitrogens is 2. The van der Waals surface area contributed by atoms with E-state index in [1.54, 1.807) is 13.0 Å². The molecule has 1 heterocycles. The van der Waals surface area contributed by atoms with Crippen LogP contribution in [0.2, 0.25) is 5.15 Å². The van der Waals surface area contributed by atoms with Crippen molar-refractivity contribution in [1.82, 2.24) is 9.97 Å². The fourth-order valence-electron chi connectivity index (χ4n) is 1.95. The Morgan fingerprint density at radius 2 is 2.09 bits per heavy atom. The van der Waals surface area contributed by atoms with E-state index >= 15 is 0 Å². The minimum Gasteiger partial charge on any atom is -0.337 e. The minimum absolute atomic E-state index is 0.0937. The molecule has 0 radical (unpaired) electrons. The largest absolute Gasteiger partial charge is 0.337 e. The van der Waals surface area contributed by atoms with Crippen molar-refractivity contribution in [3.8, 4) is 0 Å². The van der Waals surface area contributed by atoms with Gasteiger partial charge in [0.15, 0.2) is 9.84 Å². The summed E-state index contributed by atoms with van der Waals surface area (Å²) in [6.45, 7) is 5.31. The van der Waals surface area contributed by atoms with Gasteiger partial charge in [0.05, 0.1) is 10.6 Å². The van der Waals surface area contributed by atoms with E-state index in [4.69, 9.17) is 11.6 Å². The number of nitrogens with one attached hydrogen (secondary N) is 1. The van der Waals surface area contributed by atoms with Gasteiger partial charge in [0.1, 0.15) is 22.6 Å². The molecule has 8 heteroatoms. The molecular weight excluding hydrogens is 341 g/mol. The van der Waals surface area contributed by atoms with E-state index < -0.39 is 15.7 Å². The van der Waals surface area contributed by atoms with Gasteiger partial charge >= 0.3 is 0 Å². The van der Waals surface area contributed by atoms with Gasteiger partial charge in [0.25, 0.3) is 0 Å². The summed E-state index contributed by atoms with van der Waals surface area (Å²) >= 11 is 6.09. The van der Waals surface area contributed by atoms with E-state index in [-0.39, 0.29) is 15.7 Å². The highest BCUT2D eigenvalue weighted by molar-refractivity contribution is 7.90. The summed E-state index contributed by atoms with van der Waals surface area (Å²) in [4.78, 5) is 8.18. The van der Waals surface area contributed by atoms with Gasteiger partial charge in [0.2, 0.25) is 0 Å². The van der Waals surface area contributed by atoms with Crippen LogP contribution in [0.3, 0.4) is 0 Å². The van der Waals surface area contributed by atoms with Crippen molar-refractivity contribution in [3.63, 3.8) is 0 Å². The van der Waals surface area contributed by atoms with Crippen LogP contribution in [0.5, 0.6) is 0 Å². The minimum atomic E-state index is -3.47. The molecule has 0 spiro atoms. The lowest BCUT2D eigenvalue weighted by atomic mass is 10.2. The maximum Gasteiger partial charge on any atom is 0.175 e. The highest BCUT2D eigenvalue weighted by Crippen LogP contribution is 2.27. The fourth-order valence-corrected chi connectivity index (χ4v) is 2.87. The third-order valence-electron chi connectivity index (χ3n) is 3.04. The highest BCUT2D eigenvalue weighted by Gasteiger charge is 2.15. The molecule has 1 aromatic carbocycles. The Hall–Kier alpha value is -1.99. The van der Waals surface area contributed by atoms with Crippen LogP contribution in [0.15, 0.2) is 35.7 Å². The summed E-state index contributed by atoms with van der Waals surface area (Å²) in [6, 6.07) is 3.62. The van der Waals surface area contributed by atoms with E-state index in [1.807, 2.05) is 0 Å². The average molecular weight is 356 g/mol. The Morgan fingerprint density at radius 3 is 2.65 bits per heavy atom. The maximum atomic E-state index is 14.2. The number of sulfone groups is 1. The van der Waals surface area contributed by atoms with E-state index in [0.717, 1.165) is 12.3 Å². The van der Waals surface area contributed by atoms with Crippen LogP contribution < -0.4 is 5.32 Å². The number of aryl methyl sites for hydroxylation is 1. The molecule has 0 bridgehead atoms. The molecule has 0 atom stereocenters. The fraction of sp³-hybridized carbons (Fsp3) is 0.200. The number of halogens is 2. The molecule has 5 nitrogen and oxygen atoms in total. The number of rotatable bonds is 5. The first-order valence-corrected chi connectivity index (χ1v) is 8.90. The number of anilines is 2. The Kier molecular flexibility index (Phi) is 5.01. The Morgan fingerprint density at radius 1 is 1.39 bits per heavy atom. The maximum absolute atomic E-state index is 14.2. The molecule has 0 aliphatic rings. The smallest absolute Gasteiger partial charge is 0.175 e. The summed E-state index contributed by atoms with van der Waals surface area (Å²) in [5.41, 5.74) is 0.677. The normalized spacial score (nSPS) is 11.3. The number of allylic oxidation sites excluding steroid dienone is 1. The molecule has 2 aromatic rings. The van der Waals surface area contributed by atoms with Gasteiger partial charge in [-0.2, -0.15) is 0 Å². The molecule has 0 unspecified atom stereocenters. The van der Waals surface area contributed by atoms with Crippen molar-refractivity contribution in [1.29, 1.82) is 0 Å². The van der Waals surface area contributed by atoms with Crippen LogP contribution in [-0.4, -0.2) is 24.6 Å². The topological polar surface area (TPSA) is 72.0 Å². The third kappa shape index (κ3) is 4.05. The summed E-state index contributed by atoms with van der Waals surface area (Å²) in [5.74, 6) is 0.0803. The third-order valence-corrected chi connectivity index (χ3v) is 4.46. The zero-order valence-corrected chi connectivity index (χ0v) is 14.2. The SMILES string of the molecule is C=CCc1c(Cl)nc(C)nc1Nc1ccc(S(C)(=O)=O)cc1F. The first-order chi connectivity index (χ1) is 10.7. The zero-order valence-electron chi connectivity index (χ0n) is 12.6. The number of hydrogen-bond acceptors (Lipinski definition) is 5. The first kappa shape index (κ1) is 17.4. The lowest BCUT2D eigenvalue weighted by molar-refractivity contribution is 0.596. The molecule has 1 aromatic heterocycles. The van der Waals surface area contributed by atoms with Crippen LogP contribution in [0.1, 0.15) is 11.4 Å². The Balaban J connectivity index is 2.45. The van der Waals surface area contributed by atoms with Crippen molar-refractivity contribution >= 4 is 32.9 Å². The van der Waals surface area contributed by atoms with Crippen molar-refractivity contribution in [2.24, 2.45) is 0 Å². The molecule has 23 heavy (non-hydrogen) atoms. The predicted octanol–water partition coefficient (Wildman–Crippen LogP) is 3.45. The molecule has 0 amide bonds. The van der Waals surface area contributed by atoms with Gasteiger partial charge in [-0.05, 0) is 31.5 Å². The number of nitrogens with zero attached hydrogens (tertiary/aromatic N) is 2. The Labute approximate surface area is 139 Å². The van der Waals surface area contributed by atoms with Gasteiger partial charge in [-0.1, -0.05) is 17.7 Å². The quantitative estimate of drug-likeness (QED) is 0.657. The molecule has 1 N–H and O–H groups in total. The van der Waals surface area contributed by atoms with Gasteiger partial charge < -0.3 is 5.32 Å². The highest BCUT2D eigenvalue weighted by atomic mass is 35.5. The van der Waals surface area contributed by atoms with E-state index in [1.165, 1.54) is 12.1 Å². The van der Waals surface area contributed by atoms with Crippen molar-refractivity contribution in [3.05, 3.63) is 53.2 Å². The van der Waals surface area contributed by atoms with Gasteiger partial charge in [-0.15, -0.1) is 6.58 Å². The molecule has 2 rings (SSSR count).